The molecule has 2 aromatic rings. The van der Waals surface area contributed by atoms with Gasteiger partial charge in [0.05, 0.1) is 12.0 Å². The quantitative estimate of drug-likeness (QED) is 0.805. The average Bonchev–Trinajstić information content (AvgIpc) is 2.86. The minimum Gasteiger partial charge on any atom is -0.465 e. The van der Waals surface area contributed by atoms with E-state index < -0.39 is 6.09 Å². The van der Waals surface area contributed by atoms with Gasteiger partial charge < -0.3 is 10.1 Å². The standard InChI is InChI=1S/C13H13N3O2/c17-13(18)16-7-6-10-11(15-8-14-10)12(16)9-4-2-1-3-5-9/h1-5,8,12H,6-7H2,(H,14,15)(H,17,18). The lowest BCUT2D eigenvalue weighted by Gasteiger charge is -2.32. The van der Waals surface area contributed by atoms with Crippen molar-refractivity contribution in [3.63, 3.8) is 0 Å². The molecule has 3 rings (SSSR count). The third-order valence-electron chi connectivity index (χ3n) is 3.29. The highest BCUT2D eigenvalue weighted by Gasteiger charge is 2.33. The number of hydrogen-bond acceptors (Lipinski definition) is 2. The van der Waals surface area contributed by atoms with Crippen molar-refractivity contribution in [3.8, 4) is 0 Å². The van der Waals surface area contributed by atoms with Crippen LogP contribution in [0.2, 0.25) is 0 Å². The highest BCUT2D eigenvalue weighted by Crippen LogP contribution is 2.32. The topological polar surface area (TPSA) is 69.2 Å². The maximum Gasteiger partial charge on any atom is 0.408 e. The molecule has 1 aliphatic rings. The second-order valence-electron chi connectivity index (χ2n) is 4.31. The van der Waals surface area contributed by atoms with Crippen molar-refractivity contribution in [1.29, 1.82) is 0 Å². The molecule has 2 N–H and O–H groups in total. The predicted octanol–water partition coefficient (Wildman–Crippen LogP) is 2.04. The molecule has 0 spiro atoms. The smallest absolute Gasteiger partial charge is 0.408 e. The fraction of sp³-hybridized carbons (Fsp3) is 0.231. The molecule has 0 saturated carbocycles. The fourth-order valence-electron chi connectivity index (χ4n) is 2.46. The summed E-state index contributed by atoms with van der Waals surface area (Å²) in [6.45, 7) is 0.490. The van der Waals surface area contributed by atoms with Crippen LogP contribution in [0.4, 0.5) is 4.79 Å². The lowest BCUT2D eigenvalue weighted by Crippen LogP contribution is -2.39. The van der Waals surface area contributed by atoms with E-state index in [0.29, 0.717) is 13.0 Å². The van der Waals surface area contributed by atoms with E-state index in [9.17, 15) is 9.90 Å². The molecule has 1 amide bonds. The SMILES string of the molecule is O=C(O)N1CCc2[nH]cnc2C1c1ccccc1. The number of carboxylic acid groups (broad SMARTS) is 1. The third kappa shape index (κ3) is 1.64. The van der Waals surface area contributed by atoms with Crippen molar-refractivity contribution in [2.75, 3.05) is 6.54 Å². The minimum absolute atomic E-state index is 0.307. The van der Waals surface area contributed by atoms with Crippen LogP contribution in [0.3, 0.4) is 0 Å². The zero-order valence-electron chi connectivity index (χ0n) is 9.71. The van der Waals surface area contributed by atoms with Crippen molar-refractivity contribution in [2.24, 2.45) is 0 Å². The molecule has 0 fully saturated rings. The Hall–Kier alpha value is -2.30. The summed E-state index contributed by atoms with van der Waals surface area (Å²) in [4.78, 5) is 20.2. The van der Waals surface area contributed by atoms with E-state index in [0.717, 1.165) is 17.0 Å². The van der Waals surface area contributed by atoms with Gasteiger partial charge in [-0.2, -0.15) is 0 Å². The van der Waals surface area contributed by atoms with Gasteiger partial charge in [0.2, 0.25) is 0 Å². The van der Waals surface area contributed by atoms with Gasteiger partial charge in [0, 0.05) is 18.7 Å². The van der Waals surface area contributed by atoms with Gasteiger partial charge in [-0.3, -0.25) is 4.90 Å². The Balaban J connectivity index is 2.10. The summed E-state index contributed by atoms with van der Waals surface area (Å²) in [6.07, 6.45) is 1.41. The normalized spacial score (nSPS) is 18.4. The van der Waals surface area contributed by atoms with Crippen molar-refractivity contribution in [2.45, 2.75) is 12.5 Å². The molecule has 1 aliphatic heterocycles. The summed E-state index contributed by atoms with van der Waals surface area (Å²) < 4.78 is 0. The Kier molecular flexibility index (Phi) is 2.51. The molecule has 18 heavy (non-hydrogen) atoms. The molecule has 92 valence electrons. The number of aromatic amines is 1. The summed E-state index contributed by atoms with van der Waals surface area (Å²) in [5.74, 6) is 0. The largest absolute Gasteiger partial charge is 0.465 e. The predicted molar refractivity (Wildman–Crippen MR) is 65.3 cm³/mol. The average molecular weight is 243 g/mol. The van der Waals surface area contributed by atoms with Gasteiger partial charge in [-0.1, -0.05) is 30.3 Å². The highest BCUT2D eigenvalue weighted by atomic mass is 16.4. The zero-order valence-corrected chi connectivity index (χ0v) is 9.71. The van der Waals surface area contributed by atoms with Crippen LogP contribution in [-0.4, -0.2) is 32.6 Å². The van der Waals surface area contributed by atoms with Crippen molar-refractivity contribution < 1.29 is 9.90 Å². The first kappa shape index (κ1) is 10.8. The van der Waals surface area contributed by atoms with Gasteiger partial charge in [0.25, 0.3) is 0 Å². The van der Waals surface area contributed by atoms with E-state index in [2.05, 4.69) is 9.97 Å². The van der Waals surface area contributed by atoms with Gasteiger partial charge in [0.15, 0.2) is 0 Å². The van der Waals surface area contributed by atoms with Gasteiger partial charge >= 0.3 is 6.09 Å². The van der Waals surface area contributed by atoms with Crippen LogP contribution in [0.25, 0.3) is 0 Å². The van der Waals surface area contributed by atoms with Crippen LogP contribution in [0.1, 0.15) is 23.0 Å². The maximum absolute atomic E-state index is 11.4. The Morgan fingerprint density at radius 3 is 2.89 bits per heavy atom. The van der Waals surface area contributed by atoms with Gasteiger partial charge in [-0.05, 0) is 5.56 Å². The number of imidazole rings is 1. The number of aromatic nitrogens is 2. The molecule has 5 nitrogen and oxygen atoms in total. The van der Waals surface area contributed by atoms with Crippen LogP contribution >= 0.6 is 0 Å². The first-order chi connectivity index (χ1) is 8.77. The fourth-order valence-corrected chi connectivity index (χ4v) is 2.46. The summed E-state index contributed by atoms with van der Waals surface area (Å²) in [6, 6.07) is 9.31. The number of nitrogens with zero attached hydrogens (tertiary/aromatic N) is 2. The van der Waals surface area contributed by atoms with E-state index in [-0.39, 0.29) is 6.04 Å². The van der Waals surface area contributed by atoms with E-state index >= 15 is 0 Å². The summed E-state index contributed by atoms with van der Waals surface area (Å²) >= 11 is 0. The number of fused-ring (bicyclic) bond motifs is 1. The molecule has 0 aliphatic carbocycles. The summed E-state index contributed by atoms with van der Waals surface area (Å²) in [5.41, 5.74) is 2.80. The number of benzene rings is 1. The number of H-pyrrole nitrogens is 1. The van der Waals surface area contributed by atoms with Crippen LogP contribution in [-0.2, 0) is 6.42 Å². The van der Waals surface area contributed by atoms with Crippen LogP contribution in [0.5, 0.6) is 0 Å². The molecule has 0 bridgehead atoms. The van der Waals surface area contributed by atoms with E-state index in [1.54, 1.807) is 6.33 Å². The van der Waals surface area contributed by atoms with Crippen LogP contribution in [0.15, 0.2) is 36.7 Å². The number of nitrogens with one attached hydrogen (secondary N) is 1. The second-order valence-corrected chi connectivity index (χ2v) is 4.31. The molecule has 1 aromatic heterocycles. The van der Waals surface area contributed by atoms with Crippen LogP contribution in [0, 0.1) is 0 Å². The molecule has 1 aromatic carbocycles. The molecule has 1 unspecified atom stereocenters. The number of hydrogen-bond donors (Lipinski definition) is 2. The van der Waals surface area contributed by atoms with E-state index in [1.807, 2.05) is 30.3 Å². The lowest BCUT2D eigenvalue weighted by molar-refractivity contribution is 0.128. The minimum atomic E-state index is -0.905. The Labute approximate surface area is 104 Å². The molecule has 2 heterocycles. The Bertz CT molecular complexity index is 565. The molecule has 5 heteroatoms. The zero-order chi connectivity index (χ0) is 12.5. The van der Waals surface area contributed by atoms with Gasteiger partial charge in [-0.25, -0.2) is 9.78 Å². The second kappa shape index (κ2) is 4.18. The molecular weight excluding hydrogens is 230 g/mol. The lowest BCUT2D eigenvalue weighted by atomic mass is 9.96. The van der Waals surface area contributed by atoms with E-state index in [4.69, 9.17) is 0 Å². The van der Waals surface area contributed by atoms with Crippen molar-refractivity contribution >= 4 is 6.09 Å². The summed E-state index contributed by atoms with van der Waals surface area (Å²) in [7, 11) is 0. The van der Waals surface area contributed by atoms with E-state index in [1.165, 1.54) is 4.90 Å². The third-order valence-corrected chi connectivity index (χ3v) is 3.29. The first-order valence-electron chi connectivity index (χ1n) is 5.84. The first-order valence-corrected chi connectivity index (χ1v) is 5.84. The number of carbonyl (C=O) groups is 1. The molecule has 1 atom stereocenters. The van der Waals surface area contributed by atoms with Crippen LogP contribution < -0.4 is 0 Å². The molecule has 0 radical (unpaired) electrons. The monoisotopic (exact) mass is 243 g/mol. The molecule has 0 saturated heterocycles. The highest BCUT2D eigenvalue weighted by molar-refractivity contribution is 5.67. The number of amides is 1. The Morgan fingerprint density at radius 1 is 1.39 bits per heavy atom. The summed E-state index contributed by atoms with van der Waals surface area (Å²) in [5, 5.41) is 9.32. The number of rotatable bonds is 1. The van der Waals surface area contributed by atoms with Crippen molar-refractivity contribution in [1.82, 2.24) is 14.9 Å². The van der Waals surface area contributed by atoms with Gasteiger partial charge in [0.1, 0.15) is 6.04 Å². The van der Waals surface area contributed by atoms with Gasteiger partial charge in [-0.15, -0.1) is 0 Å². The van der Waals surface area contributed by atoms with Crippen molar-refractivity contribution in [3.05, 3.63) is 53.6 Å². The maximum atomic E-state index is 11.4. The Morgan fingerprint density at radius 2 is 2.17 bits per heavy atom. The molecular formula is C13H13N3O2.